The first kappa shape index (κ1) is 24.0. The SMILES string of the molecule is CC(C)Oc1ccccc1C(=O)NC(=S)N1CCNC(=O)C1CC(=O)OC1CCCCC1. The number of para-hydroxylation sites is 1. The normalized spacial score (nSPS) is 19.3. The van der Waals surface area contributed by atoms with Gasteiger partial charge < -0.3 is 19.7 Å². The van der Waals surface area contributed by atoms with Crippen molar-refractivity contribution in [2.75, 3.05) is 13.1 Å². The fourth-order valence-electron chi connectivity index (χ4n) is 3.98. The summed E-state index contributed by atoms with van der Waals surface area (Å²) in [6, 6.07) is 6.07. The monoisotopic (exact) mass is 461 g/mol. The third-order valence-electron chi connectivity index (χ3n) is 5.52. The number of benzene rings is 1. The number of nitrogens with one attached hydrogen (secondary N) is 2. The molecule has 2 aliphatic rings. The largest absolute Gasteiger partial charge is 0.490 e. The molecule has 0 aromatic heterocycles. The van der Waals surface area contributed by atoms with Gasteiger partial charge in [-0.05, 0) is 63.9 Å². The molecule has 9 heteroatoms. The van der Waals surface area contributed by atoms with Crippen LogP contribution in [0.25, 0.3) is 0 Å². The molecule has 1 saturated carbocycles. The lowest BCUT2D eigenvalue weighted by Crippen LogP contribution is -2.60. The Morgan fingerprint density at radius 2 is 1.94 bits per heavy atom. The molecule has 2 amide bonds. The van der Waals surface area contributed by atoms with Gasteiger partial charge in [0.25, 0.3) is 5.91 Å². The number of piperazine rings is 1. The summed E-state index contributed by atoms with van der Waals surface area (Å²) in [6.07, 6.45) is 4.68. The minimum Gasteiger partial charge on any atom is -0.490 e. The van der Waals surface area contributed by atoms with Crippen LogP contribution < -0.4 is 15.4 Å². The van der Waals surface area contributed by atoms with Crippen LogP contribution in [0.2, 0.25) is 0 Å². The van der Waals surface area contributed by atoms with Crippen molar-refractivity contribution in [3.05, 3.63) is 29.8 Å². The molecule has 0 radical (unpaired) electrons. The minimum absolute atomic E-state index is 0.0829. The van der Waals surface area contributed by atoms with E-state index < -0.39 is 17.9 Å². The van der Waals surface area contributed by atoms with Crippen molar-refractivity contribution >= 4 is 35.1 Å². The molecular formula is C23H31N3O5S. The zero-order valence-electron chi connectivity index (χ0n) is 18.6. The maximum Gasteiger partial charge on any atom is 0.308 e. The molecule has 1 heterocycles. The number of nitrogens with zero attached hydrogens (tertiary/aromatic N) is 1. The highest BCUT2D eigenvalue weighted by Crippen LogP contribution is 2.22. The Labute approximate surface area is 194 Å². The zero-order valence-corrected chi connectivity index (χ0v) is 19.4. The first-order valence-corrected chi connectivity index (χ1v) is 11.6. The Kier molecular flexibility index (Phi) is 8.44. The molecule has 1 aromatic rings. The topological polar surface area (TPSA) is 97.0 Å². The van der Waals surface area contributed by atoms with Crippen LogP contribution in [0.1, 0.15) is 62.7 Å². The molecule has 32 heavy (non-hydrogen) atoms. The van der Waals surface area contributed by atoms with Gasteiger partial charge in [-0.1, -0.05) is 18.6 Å². The third-order valence-corrected chi connectivity index (χ3v) is 5.85. The summed E-state index contributed by atoms with van der Waals surface area (Å²) in [4.78, 5) is 39.5. The van der Waals surface area contributed by atoms with Crippen molar-refractivity contribution < 1.29 is 23.9 Å². The van der Waals surface area contributed by atoms with E-state index in [0.717, 1.165) is 32.1 Å². The van der Waals surface area contributed by atoms with E-state index in [1.54, 1.807) is 29.2 Å². The number of rotatable bonds is 6. The van der Waals surface area contributed by atoms with Gasteiger partial charge in [-0.3, -0.25) is 19.7 Å². The van der Waals surface area contributed by atoms with Gasteiger partial charge >= 0.3 is 5.97 Å². The van der Waals surface area contributed by atoms with E-state index in [-0.39, 0.29) is 29.6 Å². The molecule has 0 bridgehead atoms. The molecule has 1 unspecified atom stereocenters. The number of ether oxygens (including phenoxy) is 2. The second-order valence-electron chi connectivity index (χ2n) is 8.38. The summed E-state index contributed by atoms with van der Waals surface area (Å²) in [6.45, 7) is 4.51. The average Bonchev–Trinajstić information content (AvgIpc) is 2.75. The fraction of sp³-hybridized carbons (Fsp3) is 0.565. The van der Waals surface area contributed by atoms with Crippen LogP contribution in [0.3, 0.4) is 0 Å². The van der Waals surface area contributed by atoms with Crippen LogP contribution in [0.5, 0.6) is 5.75 Å². The summed E-state index contributed by atoms with van der Waals surface area (Å²) in [5.74, 6) is -0.710. The van der Waals surface area contributed by atoms with Gasteiger partial charge in [-0.2, -0.15) is 0 Å². The molecule has 1 saturated heterocycles. The van der Waals surface area contributed by atoms with Gasteiger partial charge in [0.15, 0.2) is 5.11 Å². The third kappa shape index (κ3) is 6.41. The van der Waals surface area contributed by atoms with Crippen LogP contribution in [0, 0.1) is 0 Å². The second-order valence-corrected chi connectivity index (χ2v) is 8.76. The maximum absolute atomic E-state index is 12.9. The molecule has 1 aliphatic carbocycles. The molecule has 1 aromatic carbocycles. The first-order valence-electron chi connectivity index (χ1n) is 11.2. The van der Waals surface area contributed by atoms with Gasteiger partial charge in [0, 0.05) is 13.1 Å². The highest BCUT2D eigenvalue weighted by Gasteiger charge is 2.35. The molecule has 2 N–H and O–H groups in total. The van der Waals surface area contributed by atoms with Crippen molar-refractivity contribution in [1.29, 1.82) is 0 Å². The van der Waals surface area contributed by atoms with E-state index >= 15 is 0 Å². The number of hydrogen-bond donors (Lipinski definition) is 2. The van der Waals surface area contributed by atoms with Crippen molar-refractivity contribution in [1.82, 2.24) is 15.5 Å². The zero-order chi connectivity index (χ0) is 23.1. The lowest BCUT2D eigenvalue weighted by Gasteiger charge is -2.36. The predicted octanol–water partition coefficient (Wildman–Crippen LogP) is 2.55. The Hall–Kier alpha value is -2.68. The smallest absolute Gasteiger partial charge is 0.308 e. The van der Waals surface area contributed by atoms with Gasteiger partial charge in [0.1, 0.15) is 17.9 Å². The Morgan fingerprint density at radius 3 is 2.66 bits per heavy atom. The van der Waals surface area contributed by atoms with Crippen LogP contribution >= 0.6 is 12.2 Å². The molecular weight excluding hydrogens is 430 g/mol. The van der Waals surface area contributed by atoms with Crippen molar-refractivity contribution in [2.45, 2.75) is 70.6 Å². The number of carbonyl (C=O) groups is 3. The van der Waals surface area contributed by atoms with E-state index in [4.69, 9.17) is 21.7 Å². The van der Waals surface area contributed by atoms with Gasteiger partial charge in [-0.25, -0.2) is 0 Å². The minimum atomic E-state index is -0.824. The summed E-state index contributed by atoms with van der Waals surface area (Å²) in [5, 5.41) is 5.55. The quantitative estimate of drug-likeness (QED) is 0.496. The molecule has 3 rings (SSSR count). The molecule has 2 fully saturated rings. The van der Waals surface area contributed by atoms with Gasteiger partial charge in [-0.15, -0.1) is 0 Å². The Balaban J connectivity index is 1.65. The first-order chi connectivity index (χ1) is 15.3. The van der Waals surface area contributed by atoms with Gasteiger partial charge in [0.05, 0.1) is 18.1 Å². The van der Waals surface area contributed by atoms with Crippen LogP contribution in [0.4, 0.5) is 0 Å². The predicted molar refractivity (Wildman–Crippen MR) is 123 cm³/mol. The Morgan fingerprint density at radius 1 is 1.22 bits per heavy atom. The lowest BCUT2D eigenvalue weighted by molar-refractivity contribution is -0.153. The fourth-order valence-corrected chi connectivity index (χ4v) is 4.29. The van der Waals surface area contributed by atoms with Crippen LogP contribution in [0.15, 0.2) is 24.3 Å². The van der Waals surface area contributed by atoms with Gasteiger partial charge in [0.2, 0.25) is 5.91 Å². The summed E-state index contributed by atoms with van der Waals surface area (Å²) in [5.41, 5.74) is 0.346. The molecule has 1 aliphatic heterocycles. The number of carbonyl (C=O) groups excluding carboxylic acids is 3. The summed E-state index contributed by atoms with van der Waals surface area (Å²) in [7, 11) is 0. The average molecular weight is 462 g/mol. The van der Waals surface area contributed by atoms with E-state index in [0.29, 0.717) is 24.4 Å². The maximum atomic E-state index is 12.9. The van der Waals surface area contributed by atoms with Crippen molar-refractivity contribution in [2.24, 2.45) is 0 Å². The molecule has 0 spiro atoms. The van der Waals surface area contributed by atoms with Crippen molar-refractivity contribution in [3.8, 4) is 5.75 Å². The van der Waals surface area contributed by atoms with E-state index in [2.05, 4.69) is 10.6 Å². The van der Waals surface area contributed by atoms with E-state index in [9.17, 15) is 14.4 Å². The highest BCUT2D eigenvalue weighted by molar-refractivity contribution is 7.80. The number of thiocarbonyl (C=S) groups is 1. The van der Waals surface area contributed by atoms with E-state index in [1.807, 2.05) is 13.8 Å². The van der Waals surface area contributed by atoms with E-state index in [1.165, 1.54) is 0 Å². The molecule has 174 valence electrons. The van der Waals surface area contributed by atoms with Crippen molar-refractivity contribution in [3.63, 3.8) is 0 Å². The van der Waals surface area contributed by atoms with Crippen LogP contribution in [-0.2, 0) is 14.3 Å². The lowest BCUT2D eigenvalue weighted by atomic mass is 9.98. The Bertz CT molecular complexity index is 854. The second kappa shape index (κ2) is 11.3. The summed E-state index contributed by atoms with van der Waals surface area (Å²) >= 11 is 5.45. The molecule has 8 nitrogen and oxygen atoms in total. The number of amides is 2. The number of esters is 1. The highest BCUT2D eigenvalue weighted by atomic mass is 32.1. The number of hydrogen-bond acceptors (Lipinski definition) is 6. The van der Waals surface area contributed by atoms with Crippen LogP contribution in [-0.4, -0.2) is 59.1 Å². The summed E-state index contributed by atoms with van der Waals surface area (Å²) < 4.78 is 11.3. The molecule has 1 atom stereocenters. The standard InChI is InChI=1S/C23H31N3O5S/c1-15(2)30-19-11-7-6-10-17(19)21(28)25-23(32)26-13-12-24-22(29)18(26)14-20(27)31-16-8-4-3-5-9-16/h6-7,10-11,15-16,18H,3-5,8-9,12-14H2,1-2H3,(H,24,29)(H,25,28,32).